The standard InChI is InChI=1S/C12H16BrNO2/c1-2-14-8-9-6-11-12(7-10(9)13)16-5-3-4-15-11/h6-7,14H,2-5,8H2,1H3. The molecule has 0 fully saturated rings. The third-order valence-corrected chi connectivity index (χ3v) is 3.22. The zero-order valence-electron chi connectivity index (χ0n) is 9.38. The molecule has 0 aliphatic carbocycles. The topological polar surface area (TPSA) is 30.5 Å². The Morgan fingerprint density at radius 3 is 2.62 bits per heavy atom. The molecule has 0 radical (unpaired) electrons. The zero-order valence-corrected chi connectivity index (χ0v) is 11.0. The van der Waals surface area contributed by atoms with Gasteiger partial charge < -0.3 is 14.8 Å². The predicted molar refractivity (Wildman–Crippen MR) is 67.1 cm³/mol. The number of halogens is 1. The molecule has 1 aliphatic rings. The Labute approximate surface area is 104 Å². The molecule has 16 heavy (non-hydrogen) atoms. The summed E-state index contributed by atoms with van der Waals surface area (Å²) >= 11 is 3.56. The maximum Gasteiger partial charge on any atom is 0.162 e. The summed E-state index contributed by atoms with van der Waals surface area (Å²) in [7, 11) is 0. The highest BCUT2D eigenvalue weighted by Gasteiger charge is 2.13. The highest BCUT2D eigenvalue weighted by Crippen LogP contribution is 2.35. The number of rotatable bonds is 3. The van der Waals surface area contributed by atoms with Crippen LogP contribution in [-0.2, 0) is 6.54 Å². The first-order chi connectivity index (χ1) is 7.81. The van der Waals surface area contributed by atoms with Gasteiger partial charge in [-0.25, -0.2) is 0 Å². The molecule has 0 bridgehead atoms. The number of hydrogen-bond acceptors (Lipinski definition) is 3. The van der Waals surface area contributed by atoms with Gasteiger partial charge in [0, 0.05) is 17.4 Å². The van der Waals surface area contributed by atoms with E-state index in [4.69, 9.17) is 9.47 Å². The molecule has 88 valence electrons. The fourth-order valence-corrected chi connectivity index (χ4v) is 2.08. The van der Waals surface area contributed by atoms with Gasteiger partial charge in [-0.15, -0.1) is 0 Å². The maximum atomic E-state index is 5.65. The SMILES string of the molecule is CCNCc1cc2c(cc1Br)OCCCO2. The molecule has 0 unspecified atom stereocenters. The Bertz CT molecular complexity index is 368. The van der Waals surface area contributed by atoms with Gasteiger partial charge in [0.15, 0.2) is 11.5 Å². The molecular weight excluding hydrogens is 270 g/mol. The van der Waals surface area contributed by atoms with Gasteiger partial charge in [-0.2, -0.15) is 0 Å². The molecule has 0 saturated carbocycles. The number of ether oxygens (including phenoxy) is 2. The molecule has 0 atom stereocenters. The number of fused-ring (bicyclic) bond motifs is 1. The third kappa shape index (κ3) is 2.68. The minimum Gasteiger partial charge on any atom is -0.490 e. The van der Waals surface area contributed by atoms with E-state index in [0.29, 0.717) is 0 Å². The minimum absolute atomic E-state index is 0.728. The van der Waals surface area contributed by atoms with Gasteiger partial charge in [-0.05, 0) is 24.2 Å². The molecule has 1 N–H and O–H groups in total. The predicted octanol–water partition coefficient (Wildman–Crippen LogP) is 2.72. The van der Waals surface area contributed by atoms with Crippen molar-refractivity contribution in [2.24, 2.45) is 0 Å². The van der Waals surface area contributed by atoms with Crippen LogP contribution < -0.4 is 14.8 Å². The fourth-order valence-electron chi connectivity index (χ4n) is 1.62. The van der Waals surface area contributed by atoms with Crippen LogP contribution in [0.2, 0.25) is 0 Å². The molecular formula is C12H16BrNO2. The molecule has 0 amide bonds. The van der Waals surface area contributed by atoms with Crippen LogP contribution in [0.15, 0.2) is 16.6 Å². The quantitative estimate of drug-likeness (QED) is 0.926. The largest absolute Gasteiger partial charge is 0.490 e. The van der Waals surface area contributed by atoms with Gasteiger partial charge in [0.25, 0.3) is 0 Å². The molecule has 1 aromatic rings. The number of hydrogen-bond donors (Lipinski definition) is 1. The van der Waals surface area contributed by atoms with Crippen molar-refractivity contribution in [3.05, 3.63) is 22.2 Å². The van der Waals surface area contributed by atoms with Crippen LogP contribution in [0.1, 0.15) is 18.9 Å². The maximum absolute atomic E-state index is 5.65. The summed E-state index contributed by atoms with van der Waals surface area (Å²) in [6, 6.07) is 4.04. The summed E-state index contributed by atoms with van der Waals surface area (Å²) in [4.78, 5) is 0. The van der Waals surface area contributed by atoms with Crippen molar-refractivity contribution in [2.75, 3.05) is 19.8 Å². The minimum atomic E-state index is 0.728. The van der Waals surface area contributed by atoms with Gasteiger partial charge >= 0.3 is 0 Å². The van der Waals surface area contributed by atoms with Crippen LogP contribution in [0.4, 0.5) is 0 Å². The summed E-state index contributed by atoms with van der Waals surface area (Å²) in [5, 5.41) is 3.30. The Morgan fingerprint density at radius 2 is 1.94 bits per heavy atom. The molecule has 0 aromatic heterocycles. The second-order valence-electron chi connectivity index (χ2n) is 3.72. The first-order valence-corrected chi connectivity index (χ1v) is 6.39. The van der Waals surface area contributed by atoms with Crippen molar-refractivity contribution in [1.82, 2.24) is 5.32 Å². The molecule has 0 saturated heterocycles. The Balaban J connectivity index is 2.24. The highest BCUT2D eigenvalue weighted by molar-refractivity contribution is 9.10. The average Bonchev–Trinajstić information content (AvgIpc) is 2.50. The van der Waals surface area contributed by atoms with Gasteiger partial charge in [0.05, 0.1) is 13.2 Å². The van der Waals surface area contributed by atoms with Gasteiger partial charge in [-0.1, -0.05) is 22.9 Å². The van der Waals surface area contributed by atoms with E-state index in [-0.39, 0.29) is 0 Å². The summed E-state index contributed by atoms with van der Waals surface area (Å²) in [5.74, 6) is 1.69. The van der Waals surface area contributed by atoms with E-state index in [9.17, 15) is 0 Å². The van der Waals surface area contributed by atoms with Crippen molar-refractivity contribution >= 4 is 15.9 Å². The first kappa shape index (κ1) is 11.7. The fraction of sp³-hybridized carbons (Fsp3) is 0.500. The number of nitrogens with one attached hydrogen (secondary N) is 1. The molecule has 1 aromatic carbocycles. The van der Waals surface area contributed by atoms with Crippen molar-refractivity contribution in [3.63, 3.8) is 0 Å². The average molecular weight is 286 g/mol. The van der Waals surface area contributed by atoms with Gasteiger partial charge in [0.2, 0.25) is 0 Å². The van der Waals surface area contributed by atoms with E-state index < -0.39 is 0 Å². The lowest BCUT2D eigenvalue weighted by Gasteiger charge is -2.11. The summed E-state index contributed by atoms with van der Waals surface area (Å²) in [6.07, 6.45) is 0.939. The van der Waals surface area contributed by atoms with E-state index in [1.165, 1.54) is 5.56 Å². The van der Waals surface area contributed by atoms with Crippen molar-refractivity contribution < 1.29 is 9.47 Å². The molecule has 1 aliphatic heterocycles. The summed E-state index contributed by atoms with van der Waals surface area (Å²) in [5.41, 5.74) is 1.20. The molecule has 4 heteroatoms. The molecule has 3 nitrogen and oxygen atoms in total. The van der Waals surface area contributed by atoms with Crippen LogP contribution >= 0.6 is 15.9 Å². The number of benzene rings is 1. The van der Waals surface area contributed by atoms with Crippen molar-refractivity contribution in [3.8, 4) is 11.5 Å². The lowest BCUT2D eigenvalue weighted by atomic mass is 10.2. The third-order valence-electron chi connectivity index (χ3n) is 2.48. The Morgan fingerprint density at radius 1 is 1.25 bits per heavy atom. The summed E-state index contributed by atoms with van der Waals surface area (Å²) in [6.45, 7) is 5.35. The van der Waals surface area contributed by atoms with E-state index in [0.717, 1.165) is 48.7 Å². The van der Waals surface area contributed by atoms with Gasteiger partial charge in [0.1, 0.15) is 0 Å². The van der Waals surface area contributed by atoms with Gasteiger partial charge in [-0.3, -0.25) is 0 Å². The highest BCUT2D eigenvalue weighted by atomic mass is 79.9. The smallest absolute Gasteiger partial charge is 0.162 e. The van der Waals surface area contributed by atoms with E-state index >= 15 is 0 Å². The Hall–Kier alpha value is -0.740. The van der Waals surface area contributed by atoms with Crippen LogP contribution in [-0.4, -0.2) is 19.8 Å². The zero-order chi connectivity index (χ0) is 11.4. The van der Waals surface area contributed by atoms with Crippen LogP contribution in [0.3, 0.4) is 0 Å². The normalized spacial score (nSPS) is 14.6. The lowest BCUT2D eigenvalue weighted by molar-refractivity contribution is 0.297. The lowest BCUT2D eigenvalue weighted by Crippen LogP contribution is -2.12. The Kier molecular flexibility index (Phi) is 4.07. The monoisotopic (exact) mass is 285 g/mol. The molecule has 0 spiro atoms. The second-order valence-corrected chi connectivity index (χ2v) is 4.58. The van der Waals surface area contributed by atoms with Crippen molar-refractivity contribution in [1.29, 1.82) is 0 Å². The van der Waals surface area contributed by atoms with Crippen LogP contribution in [0.5, 0.6) is 11.5 Å². The van der Waals surface area contributed by atoms with E-state index in [1.807, 2.05) is 12.1 Å². The molecule has 2 rings (SSSR count). The van der Waals surface area contributed by atoms with E-state index in [2.05, 4.69) is 28.2 Å². The van der Waals surface area contributed by atoms with Crippen LogP contribution in [0, 0.1) is 0 Å². The first-order valence-electron chi connectivity index (χ1n) is 5.60. The van der Waals surface area contributed by atoms with E-state index in [1.54, 1.807) is 0 Å². The van der Waals surface area contributed by atoms with Crippen molar-refractivity contribution in [2.45, 2.75) is 19.9 Å². The summed E-state index contributed by atoms with van der Waals surface area (Å²) < 4.78 is 12.3. The molecule has 1 heterocycles. The second kappa shape index (κ2) is 5.55. The van der Waals surface area contributed by atoms with Crippen LogP contribution in [0.25, 0.3) is 0 Å².